The number of benzene rings is 1. The maximum atomic E-state index is 14.2. The van der Waals surface area contributed by atoms with Crippen LogP contribution in [0, 0.1) is 5.82 Å². The first kappa shape index (κ1) is 15.3. The van der Waals surface area contributed by atoms with Crippen LogP contribution in [-0.4, -0.2) is 23.4 Å². The minimum absolute atomic E-state index is 0.0319. The standard InChI is InChI=1S/C15H20ClFN2O/c1-2-3-9-19-13(20)8-7-12(18)15(19)14-10(16)5-4-6-11(14)17/h4-6,12,15H,2-3,7-9,18H2,1H3. The molecule has 110 valence electrons. The van der Waals surface area contributed by atoms with E-state index >= 15 is 0 Å². The van der Waals surface area contributed by atoms with Crippen LogP contribution in [-0.2, 0) is 4.79 Å². The number of hydrogen-bond donors (Lipinski definition) is 1. The third-order valence-electron chi connectivity index (χ3n) is 3.80. The molecule has 1 amide bonds. The number of carbonyl (C=O) groups excluding carboxylic acids is 1. The fourth-order valence-corrected chi connectivity index (χ4v) is 3.01. The van der Waals surface area contributed by atoms with Gasteiger partial charge in [-0.15, -0.1) is 0 Å². The first-order valence-electron chi connectivity index (χ1n) is 7.05. The lowest BCUT2D eigenvalue weighted by atomic mass is 9.90. The highest BCUT2D eigenvalue weighted by atomic mass is 35.5. The van der Waals surface area contributed by atoms with Gasteiger partial charge in [0.25, 0.3) is 0 Å². The summed E-state index contributed by atoms with van der Waals surface area (Å²) < 4.78 is 14.2. The van der Waals surface area contributed by atoms with Crippen molar-refractivity contribution in [1.82, 2.24) is 4.90 Å². The van der Waals surface area contributed by atoms with Gasteiger partial charge in [0.2, 0.25) is 5.91 Å². The average molecular weight is 299 g/mol. The summed E-state index contributed by atoms with van der Waals surface area (Å²) in [6, 6.07) is 3.83. The van der Waals surface area contributed by atoms with E-state index in [0.717, 1.165) is 12.8 Å². The molecule has 2 atom stereocenters. The fourth-order valence-electron chi connectivity index (χ4n) is 2.73. The molecule has 20 heavy (non-hydrogen) atoms. The van der Waals surface area contributed by atoms with Gasteiger partial charge in [0.15, 0.2) is 0 Å². The van der Waals surface area contributed by atoms with Gasteiger partial charge >= 0.3 is 0 Å². The number of amides is 1. The molecule has 0 saturated carbocycles. The zero-order valence-corrected chi connectivity index (χ0v) is 12.4. The number of carbonyl (C=O) groups is 1. The van der Waals surface area contributed by atoms with Crippen LogP contribution in [0.4, 0.5) is 4.39 Å². The second-order valence-electron chi connectivity index (χ2n) is 5.22. The summed E-state index contributed by atoms with van der Waals surface area (Å²) in [6.45, 7) is 2.65. The van der Waals surface area contributed by atoms with Crippen LogP contribution in [0.25, 0.3) is 0 Å². The summed E-state index contributed by atoms with van der Waals surface area (Å²) in [4.78, 5) is 13.9. The molecule has 0 radical (unpaired) electrons. The van der Waals surface area contributed by atoms with Crippen molar-refractivity contribution in [3.8, 4) is 0 Å². The molecule has 5 heteroatoms. The Labute approximate surface area is 123 Å². The molecule has 1 fully saturated rings. The first-order chi connectivity index (χ1) is 9.56. The highest BCUT2D eigenvalue weighted by Crippen LogP contribution is 2.36. The van der Waals surface area contributed by atoms with E-state index in [4.69, 9.17) is 17.3 Å². The number of nitrogens with zero attached hydrogens (tertiary/aromatic N) is 1. The van der Waals surface area contributed by atoms with Crippen molar-refractivity contribution < 1.29 is 9.18 Å². The van der Waals surface area contributed by atoms with E-state index in [9.17, 15) is 9.18 Å². The number of likely N-dealkylation sites (tertiary alicyclic amines) is 1. The van der Waals surface area contributed by atoms with Crippen molar-refractivity contribution in [3.05, 3.63) is 34.6 Å². The van der Waals surface area contributed by atoms with Gasteiger partial charge in [-0.3, -0.25) is 4.79 Å². The van der Waals surface area contributed by atoms with Crippen LogP contribution in [0.15, 0.2) is 18.2 Å². The minimum Gasteiger partial charge on any atom is -0.334 e. The molecule has 1 aliphatic heterocycles. The Hall–Kier alpha value is -1.13. The largest absolute Gasteiger partial charge is 0.334 e. The van der Waals surface area contributed by atoms with Crippen LogP contribution in [0.3, 0.4) is 0 Å². The van der Waals surface area contributed by atoms with Gasteiger partial charge in [-0.05, 0) is 25.0 Å². The highest BCUT2D eigenvalue weighted by Gasteiger charge is 2.37. The molecule has 1 aromatic rings. The van der Waals surface area contributed by atoms with Crippen LogP contribution in [0.1, 0.15) is 44.2 Å². The van der Waals surface area contributed by atoms with Gasteiger partial charge in [-0.1, -0.05) is 31.0 Å². The summed E-state index contributed by atoms with van der Waals surface area (Å²) in [7, 11) is 0. The number of nitrogens with two attached hydrogens (primary N) is 1. The predicted octanol–water partition coefficient (Wildman–Crippen LogP) is 3.27. The molecule has 1 heterocycles. The molecule has 0 aliphatic carbocycles. The maximum absolute atomic E-state index is 14.2. The first-order valence-corrected chi connectivity index (χ1v) is 7.43. The van der Waals surface area contributed by atoms with Crippen molar-refractivity contribution in [2.45, 2.75) is 44.7 Å². The summed E-state index contributed by atoms with van der Waals surface area (Å²) >= 11 is 6.14. The Bertz CT molecular complexity index is 475. The molecule has 0 aromatic heterocycles. The van der Waals surface area contributed by atoms with E-state index in [0.29, 0.717) is 30.0 Å². The van der Waals surface area contributed by atoms with Crippen LogP contribution < -0.4 is 5.73 Å². The normalized spacial score (nSPS) is 23.2. The van der Waals surface area contributed by atoms with Crippen LogP contribution >= 0.6 is 11.6 Å². The van der Waals surface area contributed by atoms with E-state index in [1.165, 1.54) is 6.07 Å². The Morgan fingerprint density at radius 2 is 2.25 bits per heavy atom. The zero-order chi connectivity index (χ0) is 14.7. The molecule has 0 spiro atoms. The highest BCUT2D eigenvalue weighted by molar-refractivity contribution is 6.31. The minimum atomic E-state index is -0.462. The van der Waals surface area contributed by atoms with Gasteiger partial charge in [0.05, 0.1) is 6.04 Å². The lowest BCUT2D eigenvalue weighted by molar-refractivity contribution is -0.137. The second-order valence-corrected chi connectivity index (χ2v) is 5.63. The molecule has 2 rings (SSSR count). The molecular formula is C15H20ClFN2O. The van der Waals surface area contributed by atoms with Crippen molar-refractivity contribution in [2.24, 2.45) is 5.73 Å². The SMILES string of the molecule is CCCCN1C(=O)CCC(N)C1c1c(F)cccc1Cl. The molecule has 1 aromatic carbocycles. The summed E-state index contributed by atoms with van der Waals surface area (Å²) in [5, 5.41) is 0.335. The molecule has 1 aliphatic rings. The van der Waals surface area contributed by atoms with E-state index in [1.54, 1.807) is 17.0 Å². The number of rotatable bonds is 4. The lowest BCUT2D eigenvalue weighted by Crippen LogP contribution is -2.49. The second kappa shape index (κ2) is 6.55. The monoisotopic (exact) mass is 298 g/mol. The summed E-state index contributed by atoms with van der Waals surface area (Å²) in [5.41, 5.74) is 6.51. The van der Waals surface area contributed by atoms with Crippen molar-refractivity contribution >= 4 is 17.5 Å². The van der Waals surface area contributed by atoms with Crippen LogP contribution in [0.5, 0.6) is 0 Å². The van der Waals surface area contributed by atoms with Crippen molar-refractivity contribution in [3.63, 3.8) is 0 Å². The van der Waals surface area contributed by atoms with E-state index in [2.05, 4.69) is 6.92 Å². The van der Waals surface area contributed by atoms with Crippen molar-refractivity contribution in [2.75, 3.05) is 6.54 Å². The Morgan fingerprint density at radius 3 is 2.90 bits per heavy atom. The van der Waals surface area contributed by atoms with Crippen LogP contribution in [0.2, 0.25) is 5.02 Å². The van der Waals surface area contributed by atoms with E-state index < -0.39 is 11.9 Å². The van der Waals surface area contributed by atoms with Gasteiger partial charge in [-0.25, -0.2) is 4.39 Å². The molecule has 3 nitrogen and oxygen atoms in total. The smallest absolute Gasteiger partial charge is 0.223 e. The molecule has 1 saturated heterocycles. The molecule has 2 N–H and O–H groups in total. The van der Waals surface area contributed by atoms with Gasteiger partial charge in [0, 0.05) is 29.6 Å². The average Bonchev–Trinajstić information content (AvgIpc) is 2.41. The Morgan fingerprint density at radius 1 is 1.50 bits per heavy atom. The maximum Gasteiger partial charge on any atom is 0.223 e. The molecule has 2 unspecified atom stereocenters. The van der Waals surface area contributed by atoms with Crippen molar-refractivity contribution in [1.29, 1.82) is 0 Å². The Balaban J connectivity index is 2.39. The number of hydrogen-bond acceptors (Lipinski definition) is 2. The third-order valence-corrected chi connectivity index (χ3v) is 4.13. The van der Waals surface area contributed by atoms with E-state index in [1.807, 2.05) is 0 Å². The predicted molar refractivity (Wildman–Crippen MR) is 78.0 cm³/mol. The summed E-state index contributed by atoms with van der Waals surface area (Å²) in [6.07, 6.45) is 2.84. The number of unbranched alkanes of at least 4 members (excludes halogenated alkanes) is 1. The van der Waals surface area contributed by atoms with Gasteiger partial charge in [-0.2, -0.15) is 0 Å². The van der Waals surface area contributed by atoms with E-state index in [-0.39, 0.29) is 11.9 Å². The summed E-state index contributed by atoms with van der Waals surface area (Å²) in [5.74, 6) is -0.362. The van der Waals surface area contributed by atoms with Gasteiger partial charge in [0.1, 0.15) is 5.82 Å². The van der Waals surface area contributed by atoms with Gasteiger partial charge < -0.3 is 10.6 Å². The topological polar surface area (TPSA) is 46.3 Å². The third kappa shape index (κ3) is 2.96. The number of halogens is 2. The number of piperidine rings is 1. The molecular weight excluding hydrogens is 279 g/mol. The quantitative estimate of drug-likeness (QED) is 0.927. The lowest BCUT2D eigenvalue weighted by Gasteiger charge is -2.40. The Kier molecular flexibility index (Phi) is 5.00. The fraction of sp³-hybridized carbons (Fsp3) is 0.533. The zero-order valence-electron chi connectivity index (χ0n) is 11.6. The molecule has 0 bridgehead atoms.